The van der Waals surface area contributed by atoms with Crippen molar-refractivity contribution in [2.45, 2.75) is 13.3 Å². The SMILES string of the molecule is [B]c1cccc(CC)c1. The maximum atomic E-state index is 5.53. The average molecular weight is 116 g/mol. The minimum Gasteiger partial charge on any atom is -0.0964 e. The fourth-order valence-corrected chi connectivity index (χ4v) is 0.813. The zero-order chi connectivity index (χ0) is 6.69. The lowest BCUT2D eigenvalue weighted by Crippen LogP contribution is -2.01. The summed E-state index contributed by atoms with van der Waals surface area (Å²) >= 11 is 0. The molecule has 1 rings (SSSR count). The van der Waals surface area contributed by atoms with E-state index in [1.54, 1.807) is 0 Å². The van der Waals surface area contributed by atoms with Crippen LogP contribution in [-0.2, 0) is 6.42 Å². The van der Waals surface area contributed by atoms with Crippen LogP contribution in [-0.4, -0.2) is 7.85 Å². The molecular weight excluding hydrogens is 107 g/mol. The third-order valence-electron chi connectivity index (χ3n) is 1.36. The van der Waals surface area contributed by atoms with E-state index in [0.29, 0.717) is 0 Å². The van der Waals surface area contributed by atoms with Crippen LogP contribution in [0, 0.1) is 0 Å². The Labute approximate surface area is 57.3 Å². The Kier molecular flexibility index (Phi) is 1.94. The van der Waals surface area contributed by atoms with Crippen LogP contribution in [0.1, 0.15) is 12.5 Å². The van der Waals surface area contributed by atoms with Crippen molar-refractivity contribution in [2.75, 3.05) is 0 Å². The molecule has 9 heavy (non-hydrogen) atoms. The molecule has 0 saturated carbocycles. The molecule has 0 bridgehead atoms. The molecule has 1 aromatic rings. The number of aryl methyl sites for hydroxylation is 1. The molecule has 0 N–H and O–H groups in total. The fourth-order valence-electron chi connectivity index (χ4n) is 0.813. The lowest BCUT2D eigenvalue weighted by Gasteiger charge is -1.95. The van der Waals surface area contributed by atoms with Crippen molar-refractivity contribution >= 4 is 13.3 Å². The van der Waals surface area contributed by atoms with Crippen LogP contribution in [0.4, 0.5) is 0 Å². The summed E-state index contributed by atoms with van der Waals surface area (Å²) in [6.07, 6.45) is 1.06. The number of rotatable bonds is 1. The second kappa shape index (κ2) is 2.72. The third kappa shape index (κ3) is 1.60. The van der Waals surface area contributed by atoms with E-state index >= 15 is 0 Å². The smallest absolute Gasteiger partial charge is 0.0964 e. The summed E-state index contributed by atoms with van der Waals surface area (Å²) in [7, 11) is 5.53. The first-order chi connectivity index (χ1) is 4.33. The van der Waals surface area contributed by atoms with Gasteiger partial charge in [0.2, 0.25) is 0 Å². The van der Waals surface area contributed by atoms with Gasteiger partial charge in [0.15, 0.2) is 0 Å². The molecule has 0 amide bonds. The molecule has 2 radical (unpaired) electrons. The van der Waals surface area contributed by atoms with Crippen LogP contribution in [0.15, 0.2) is 24.3 Å². The molecule has 0 unspecified atom stereocenters. The van der Waals surface area contributed by atoms with Crippen molar-refractivity contribution in [3.8, 4) is 0 Å². The highest BCUT2D eigenvalue weighted by Crippen LogP contribution is 1.94. The molecule has 0 aliphatic heterocycles. The number of hydrogen-bond donors (Lipinski definition) is 0. The second-order valence-corrected chi connectivity index (χ2v) is 2.10. The quantitative estimate of drug-likeness (QED) is 0.481. The molecule has 0 saturated heterocycles. The van der Waals surface area contributed by atoms with Gasteiger partial charge >= 0.3 is 0 Å². The van der Waals surface area contributed by atoms with Crippen LogP contribution < -0.4 is 5.46 Å². The largest absolute Gasteiger partial charge is 0.113 e. The zero-order valence-electron chi connectivity index (χ0n) is 5.59. The van der Waals surface area contributed by atoms with Crippen molar-refractivity contribution < 1.29 is 0 Å². The van der Waals surface area contributed by atoms with Crippen LogP contribution >= 0.6 is 0 Å². The topological polar surface area (TPSA) is 0 Å². The molecule has 0 spiro atoms. The number of hydrogen-bond acceptors (Lipinski definition) is 0. The van der Waals surface area contributed by atoms with Crippen LogP contribution in [0.2, 0.25) is 0 Å². The maximum Gasteiger partial charge on any atom is 0.113 e. The molecule has 44 valence electrons. The molecule has 0 nitrogen and oxygen atoms in total. The molecule has 0 aromatic heterocycles. The van der Waals surface area contributed by atoms with Gasteiger partial charge in [0.1, 0.15) is 7.85 Å². The average Bonchev–Trinajstić information content (AvgIpc) is 1.88. The van der Waals surface area contributed by atoms with Gasteiger partial charge in [-0.3, -0.25) is 0 Å². The van der Waals surface area contributed by atoms with Gasteiger partial charge in [0.05, 0.1) is 0 Å². The van der Waals surface area contributed by atoms with Crippen LogP contribution in [0.3, 0.4) is 0 Å². The Morgan fingerprint density at radius 1 is 1.44 bits per heavy atom. The predicted molar refractivity (Wildman–Crippen MR) is 41.2 cm³/mol. The molecular formula is C8H9B. The van der Waals surface area contributed by atoms with Gasteiger partial charge < -0.3 is 0 Å². The predicted octanol–water partition coefficient (Wildman–Crippen LogP) is 1.04. The van der Waals surface area contributed by atoms with Crippen molar-refractivity contribution in [3.63, 3.8) is 0 Å². The van der Waals surface area contributed by atoms with E-state index in [0.717, 1.165) is 11.9 Å². The molecule has 0 aliphatic rings. The molecule has 1 aromatic carbocycles. The van der Waals surface area contributed by atoms with Gasteiger partial charge in [-0.25, -0.2) is 0 Å². The zero-order valence-corrected chi connectivity index (χ0v) is 5.59. The van der Waals surface area contributed by atoms with Crippen LogP contribution in [0.25, 0.3) is 0 Å². The van der Waals surface area contributed by atoms with Gasteiger partial charge in [-0.15, -0.1) is 0 Å². The van der Waals surface area contributed by atoms with E-state index in [4.69, 9.17) is 7.85 Å². The van der Waals surface area contributed by atoms with Crippen molar-refractivity contribution in [3.05, 3.63) is 29.8 Å². The second-order valence-electron chi connectivity index (χ2n) is 2.10. The van der Waals surface area contributed by atoms with Crippen molar-refractivity contribution in [2.24, 2.45) is 0 Å². The first kappa shape index (κ1) is 6.41. The first-order valence-corrected chi connectivity index (χ1v) is 3.17. The Bertz CT molecular complexity index is 194. The molecule has 0 atom stereocenters. The summed E-state index contributed by atoms with van der Waals surface area (Å²) in [5.74, 6) is 0. The Hall–Kier alpha value is -0.715. The maximum absolute atomic E-state index is 5.53. The summed E-state index contributed by atoms with van der Waals surface area (Å²) in [4.78, 5) is 0. The Morgan fingerprint density at radius 2 is 2.22 bits per heavy atom. The molecule has 1 heteroatoms. The lowest BCUT2D eigenvalue weighted by atomic mass is 9.94. The van der Waals surface area contributed by atoms with E-state index in [1.807, 2.05) is 18.2 Å². The number of benzene rings is 1. The molecule has 0 heterocycles. The summed E-state index contributed by atoms with van der Waals surface area (Å²) in [5, 5.41) is 0. The van der Waals surface area contributed by atoms with E-state index < -0.39 is 0 Å². The van der Waals surface area contributed by atoms with E-state index in [2.05, 4.69) is 13.0 Å². The van der Waals surface area contributed by atoms with Gasteiger partial charge in [0.25, 0.3) is 0 Å². The van der Waals surface area contributed by atoms with E-state index in [1.165, 1.54) is 5.56 Å². The van der Waals surface area contributed by atoms with Crippen LogP contribution in [0.5, 0.6) is 0 Å². The van der Waals surface area contributed by atoms with E-state index in [9.17, 15) is 0 Å². The monoisotopic (exact) mass is 116 g/mol. The summed E-state index contributed by atoms with van der Waals surface area (Å²) in [6.45, 7) is 2.12. The van der Waals surface area contributed by atoms with E-state index in [-0.39, 0.29) is 0 Å². The third-order valence-corrected chi connectivity index (χ3v) is 1.36. The minimum atomic E-state index is 0.856. The van der Waals surface area contributed by atoms with Crippen molar-refractivity contribution in [1.29, 1.82) is 0 Å². The standard InChI is InChI=1S/C8H9B/c1-2-7-4-3-5-8(9)6-7/h3-6H,2H2,1H3. The lowest BCUT2D eigenvalue weighted by molar-refractivity contribution is 1.14. The normalized spacial score (nSPS) is 9.44. The summed E-state index contributed by atoms with van der Waals surface area (Å²) in [5.41, 5.74) is 2.16. The Morgan fingerprint density at radius 3 is 2.67 bits per heavy atom. The molecule has 0 aliphatic carbocycles. The summed E-state index contributed by atoms with van der Waals surface area (Å²) < 4.78 is 0. The van der Waals surface area contributed by atoms with Gasteiger partial charge in [-0.2, -0.15) is 0 Å². The minimum absolute atomic E-state index is 0.856. The van der Waals surface area contributed by atoms with Gasteiger partial charge in [-0.05, 0) is 12.0 Å². The Balaban J connectivity index is 2.94. The van der Waals surface area contributed by atoms with Crippen molar-refractivity contribution in [1.82, 2.24) is 0 Å². The molecule has 0 fully saturated rings. The highest BCUT2D eigenvalue weighted by Gasteiger charge is 1.85. The van der Waals surface area contributed by atoms with Gasteiger partial charge in [0, 0.05) is 0 Å². The highest BCUT2D eigenvalue weighted by atomic mass is 13.9. The summed E-state index contributed by atoms with van der Waals surface area (Å²) in [6, 6.07) is 7.96. The highest BCUT2D eigenvalue weighted by molar-refractivity contribution is 6.32. The van der Waals surface area contributed by atoms with Gasteiger partial charge in [-0.1, -0.05) is 36.7 Å². The fraction of sp³-hybridized carbons (Fsp3) is 0.250. The first-order valence-electron chi connectivity index (χ1n) is 3.17.